The molecule has 1 heterocycles. The van der Waals surface area contributed by atoms with E-state index in [9.17, 15) is 4.79 Å². The van der Waals surface area contributed by atoms with Crippen LogP contribution < -0.4 is 4.90 Å². The van der Waals surface area contributed by atoms with Gasteiger partial charge >= 0.3 is 0 Å². The van der Waals surface area contributed by atoms with E-state index < -0.39 is 0 Å². The molecule has 0 N–H and O–H groups in total. The molecular formula is C31H22N2O. The quantitative estimate of drug-likeness (QED) is 0.254. The third kappa shape index (κ3) is 3.26. The van der Waals surface area contributed by atoms with Crippen LogP contribution in [0.1, 0.15) is 10.4 Å². The van der Waals surface area contributed by atoms with Crippen LogP contribution in [0, 0.1) is 0 Å². The lowest BCUT2D eigenvalue weighted by Crippen LogP contribution is -2.12. The van der Waals surface area contributed by atoms with Gasteiger partial charge in [0.25, 0.3) is 0 Å². The molecule has 0 spiro atoms. The Morgan fingerprint density at radius 2 is 1.15 bits per heavy atom. The van der Waals surface area contributed by atoms with Crippen LogP contribution in [0.5, 0.6) is 0 Å². The van der Waals surface area contributed by atoms with Gasteiger partial charge in [0.2, 0.25) is 0 Å². The van der Waals surface area contributed by atoms with Gasteiger partial charge in [0, 0.05) is 27.7 Å². The largest absolute Gasteiger partial charge is 0.308 e. The van der Waals surface area contributed by atoms with Crippen molar-refractivity contribution in [2.45, 2.75) is 0 Å². The smallest absolute Gasteiger partial charge is 0.150 e. The van der Waals surface area contributed by atoms with E-state index in [0.29, 0.717) is 5.56 Å². The van der Waals surface area contributed by atoms with E-state index in [2.05, 4.69) is 100 Å². The lowest BCUT2D eigenvalue weighted by atomic mass is 10.1. The number of fused-ring (bicyclic) bond motifs is 3. The maximum absolute atomic E-state index is 11.5. The van der Waals surface area contributed by atoms with Gasteiger partial charge in [-0.05, 0) is 60.7 Å². The summed E-state index contributed by atoms with van der Waals surface area (Å²) in [7, 11) is 0. The minimum atomic E-state index is 0.680. The fourth-order valence-corrected chi connectivity index (χ4v) is 4.75. The summed E-state index contributed by atoms with van der Waals surface area (Å²) < 4.78 is 2.30. The first kappa shape index (κ1) is 20.0. The molecule has 6 rings (SSSR count). The van der Waals surface area contributed by atoms with Gasteiger partial charge in [0.15, 0.2) is 0 Å². The average molecular weight is 439 g/mol. The standard InChI is InChI=1S/C31H22N2O/c34-22-23-19-20-29-27(21-23)26-15-7-8-16-28(26)33(29)31-18-10-9-17-30(31)32(24-11-3-1-4-12-24)25-13-5-2-6-14-25/h1-22H. The van der Waals surface area contributed by atoms with Crippen molar-refractivity contribution in [3.63, 3.8) is 0 Å². The van der Waals surface area contributed by atoms with Gasteiger partial charge in [-0.2, -0.15) is 0 Å². The Kier molecular flexibility index (Phi) is 4.93. The van der Waals surface area contributed by atoms with Crippen LogP contribution in [0.25, 0.3) is 27.5 Å². The highest BCUT2D eigenvalue weighted by Crippen LogP contribution is 2.41. The van der Waals surface area contributed by atoms with Crippen molar-refractivity contribution in [3.05, 3.63) is 133 Å². The maximum Gasteiger partial charge on any atom is 0.150 e. The molecule has 34 heavy (non-hydrogen) atoms. The van der Waals surface area contributed by atoms with Crippen LogP contribution in [0.15, 0.2) is 127 Å². The number of carbonyl (C=O) groups is 1. The van der Waals surface area contributed by atoms with E-state index in [1.807, 2.05) is 36.4 Å². The summed E-state index contributed by atoms with van der Waals surface area (Å²) in [5.41, 5.74) is 7.17. The summed E-state index contributed by atoms with van der Waals surface area (Å²) in [6.45, 7) is 0. The molecule has 5 aromatic carbocycles. The van der Waals surface area contributed by atoms with Gasteiger partial charge < -0.3 is 9.47 Å². The van der Waals surface area contributed by atoms with Gasteiger partial charge in [0.1, 0.15) is 6.29 Å². The number of para-hydroxylation sites is 5. The summed E-state index contributed by atoms with van der Waals surface area (Å²) in [6.07, 6.45) is 0.909. The predicted octanol–water partition coefficient (Wildman–Crippen LogP) is 8.07. The molecule has 3 heteroatoms. The van der Waals surface area contributed by atoms with Crippen LogP contribution in [0.3, 0.4) is 0 Å². The zero-order valence-corrected chi connectivity index (χ0v) is 18.5. The second-order valence-corrected chi connectivity index (χ2v) is 8.24. The van der Waals surface area contributed by atoms with Crippen LogP contribution in [0.4, 0.5) is 17.1 Å². The molecule has 0 fully saturated rings. The Balaban J connectivity index is 1.68. The summed E-state index contributed by atoms with van der Waals surface area (Å²) >= 11 is 0. The number of anilines is 3. The zero-order valence-electron chi connectivity index (χ0n) is 18.5. The number of carbonyl (C=O) groups excluding carboxylic acids is 1. The Hall–Kier alpha value is -4.63. The lowest BCUT2D eigenvalue weighted by Gasteiger charge is -2.28. The average Bonchev–Trinajstić information content (AvgIpc) is 3.24. The molecule has 0 unspecified atom stereocenters. The number of hydrogen-bond donors (Lipinski definition) is 0. The molecule has 0 saturated carbocycles. The molecule has 0 aliphatic carbocycles. The Morgan fingerprint density at radius 1 is 0.559 bits per heavy atom. The van der Waals surface area contributed by atoms with Crippen molar-refractivity contribution in [3.8, 4) is 5.69 Å². The topological polar surface area (TPSA) is 25.2 Å². The number of aldehydes is 1. The Bertz CT molecular complexity index is 1580. The van der Waals surface area contributed by atoms with Crippen LogP contribution in [0.2, 0.25) is 0 Å². The molecule has 3 nitrogen and oxygen atoms in total. The minimum absolute atomic E-state index is 0.680. The minimum Gasteiger partial charge on any atom is -0.308 e. The van der Waals surface area contributed by atoms with Gasteiger partial charge in [-0.1, -0.05) is 66.7 Å². The monoisotopic (exact) mass is 438 g/mol. The maximum atomic E-state index is 11.5. The van der Waals surface area contributed by atoms with E-state index >= 15 is 0 Å². The highest BCUT2D eigenvalue weighted by molar-refractivity contribution is 6.11. The van der Waals surface area contributed by atoms with E-state index in [4.69, 9.17) is 0 Å². The Morgan fingerprint density at radius 3 is 1.85 bits per heavy atom. The van der Waals surface area contributed by atoms with Gasteiger partial charge in [0.05, 0.1) is 22.4 Å². The molecule has 162 valence electrons. The van der Waals surface area contributed by atoms with Crippen LogP contribution in [-0.2, 0) is 0 Å². The van der Waals surface area contributed by atoms with Gasteiger partial charge in [-0.15, -0.1) is 0 Å². The Labute approximate surface area is 198 Å². The normalized spacial score (nSPS) is 11.1. The molecule has 0 atom stereocenters. The van der Waals surface area contributed by atoms with Crippen molar-refractivity contribution in [1.82, 2.24) is 4.57 Å². The second kappa shape index (κ2) is 8.38. The van der Waals surface area contributed by atoms with Crippen molar-refractivity contribution < 1.29 is 4.79 Å². The lowest BCUT2D eigenvalue weighted by molar-refractivity contribution is 0.112. The van der Waals surface area contributed by atoms with Gasteiger partial charge in [-0.25, -0.2) is 0 Å². The van der Waals surface area contributed by atoms with E-state index in [0.717, 1.165) is 50.8 Å². The first-order valence-electron chi connectivity index (χ1n) is 11.3. The molecule has 0 bridgehead atoms. The summed E-state index contributed by atoms with van der Waals surface area (Å²) in [4.78, 5) is 13.8. The molecule has 0 aliphatic rings. The van der Waals surface area contributed by atoms with E-state index in [1.54, 1.807) is 0 Å². The SMILES string of the molecule is O=Cc1ccc2c(c1)c1ccccc1n2-c1ccccc1N(c1ccccc1)c1ccccc1. The van der Waals surface area contributed by atoms with E-state index in [-0.39, 0.29) is 0 Å². The van der Waals surface area contributed by atoms with Crippen molar-refractivity contribution in [2.75, 3.05) is 4.90 Å². The first-order chi connectivity index (χ1) is 16.8. The van der Waals surface area contributed by atoms with Crippen molar-refractivity contribution in [1.29, 1.82) is 0 Å². The number of rotatable bonds is 5. The fourth-order valence-electron chi connectivity index (χ4n) is 4.75. The summed E-state index contributed by atoms with van der Waals surface area (Å²) in [6, 6.07) is 43.6. The number of nitrogens with zero attached hydrogens (tertiary/aromatic N) is 2. The molecule has 0 aliphatic heterocycles. The van der Waals surface area contributed by atoms with Gasteiger partial charge in [-0.3, -0.25) is 4.79 Å². The third-order valence-electron chi connectivity index (χ3n) is 6.23. The molecule has 1 aromatic heterocycles. The zero-order chi connectivity index (χ0) is 22.9. The first-order valence-corrected chi connectivity index (χ1v) is 11.3. The van der Waals surface area contributed by atoms with Crippen molar-refractivity contribution in [2.24, 2.45) is 0 Å². The molecule has 0 saturated heterocycles. The predicted molar refractivity (Wildman–Crippen MR) is 141 cm³/mol. The highest BCUT2D eigenvalue weighted by atomic mass is 16.1. The molecule has 0 amide bonds. The second-order valence-electron chi connectivity index (χ2n) is 8.24. The van der Waals surface area contributed by atoms with Crippen LogP contribution >= 0.6 is 0 Å². The highest BCUT2D eigenvalue weighted by Gasteiger charge is 2.20. The fraction of sp³-hybridized carbons (Fsp3) is 0. The van der Waals surface area contributed by atoms with Crippen molar-refractivity contribution >= 4 is 45.2 Å². The van der Waals surface area contributed by atoms with Crippen LogP contribution in [-0.4, -0.2) is 10.9 Å². The molecular weight excluding hydrogens is 416 g/mol. The molecule has 0 radical (unpaired) electrons. The third-order valence-corrected chi connectivity index (χ3v) is 6.23. The summed E-state index contributed by atoms with van der Waals surface area (Å²) in [5.74, 6) is 0. The number of benzene rings is 5. The number of aromatic nitrogens is 1. The van der Waals surface area contributed by atoms with E-state index in [1.165, 1.54) is 0 Å². The molecule has 6 aromatic rings. The number of hydrogen-bond acceptors (Lipinski definition) is 2. The summed E-state index contributed by atoms with van der Waals surface area (Å²) in [5, 5.41) is 2.20.